The largest absolute Gasteiger partial charge is 0.496 e. The van der Waals surface area contributed by atoms with Crippen LogP contribution in [0.25, 0.3) is 0 Å². The van der Waals surface area contributed by atoms with Gasteiger partial charge in [-0.2, -0.15) is 0 Å². The Morgan fingerprint density at radius 3 is 2.35 bits per heavy atom. The van der Waals surface area contributed by atoms with E-state index in [9.17, 15) is 0 Å². The molecule has 0 unspecified atom stereocenters. The van der Waals surface area contributed by atoms with Crippen LogP contribution in [-0.2, 0) is 21.8 Å². The normalized spacial score (nSPS) is 15.9. The number of benzene rings is 1. The third kappa shape index (κ3) is 4.87. The van der Waals surface area contributed by atoms with Crippen LogP contribution >= 0.6 is 11.6 Å². The number of methoxy groups -OCH3 is 2. The molecule has 0 atom stereocenters. The molecule has 0 radical (unpaired) electrons. The Morgan fingerprint density at radius 1 is 1.17 bits per heavy atom. The molecule has 1 fully saturated rings. The number of hydrogen-bond acceptors (Lipinski definition) is 4. The molecular formula is C18H25ClO4. The Morgan fingerprint density at radius 2 is 1.78 bits per heavy atom. The summed E-state index contributed by atoms with van der Waals surface area (Å²) in [5, 5.41) is 0. The van der Waals surface area contributed by atoms with E-state index in [1.165, 1.54) is 5.57 Å². The van der Waals surface area contributed by atoms with Crippen molar-refractivity contribution < 1.29 is 18.9 Å². The Bertz CT molecular complexity index is 536. The van der Waals surface area contributed by atoms with Gasteiger partial charge in [0.25, 0.3) is 0 Å². The molecule has 0 N–H and O–H groups in total. The number of ether oxygens (including phenoxy) is 4. The summed E-state index contributed by atoms with van der Waals surface area (Å²) in [4.78, 5) is 0. The monoisotopic (exact) mass is 340 g/mol. The molecule has 0 bridgehead atoms. The van der Waals surface area contributed by atoms with Crippen LogP contribution in [0, 0.1) is 0 Å². The quantitative estimate of drug-likeness (QED) is 0.527. The molecule has 0 aliphatic carbocycles. The number of halogens is 1. The van der Waals surface area contributed by atoms with Gasteiger partial charge < -0.3 is 18.9 Å². The molecule has 1 aromatic carbocycles. The molecule has 1 aromatic rings. The van der Waals surface area contributed by atoms with Crippen LogP contribution in [0.5, 0.6) is 11.5 Å². The zero-order valence-corrected chi connectivity index (χ0v) is 14.8. The van der Waals surface area contributed by atoms with Gasteiger partial charge in [-0.15, -0.1) is 11.6 Å². The Kier molecular flexibility index (Phi) is 7.21. The van der Waals surface area contributed by atoms with Crippen molar-refractivity contribution in [2.45, 2.75) is 38.4 Å². The van der Waals surface area contributed by atoms with Crippen LogP contribution in [-0.4, -0.2) is 33.7 Å². The van der Waals surface area contributed by atoms with E-state index >= 15 is 0 Å². The second kappa shape index (κ2) is 9.16. The van der Waals surface area contributed by atoms with Crippen molar-refractivity contribution in [3.63, 3.8) is 0 Å². The van der Waals surface area contributed by atoms with Gasteiger partial charge in [0.1, 0.15) is 11.5 Å². The number of allylic oxidation sites excluding steroid dienone is 2. The molecule has 1 saturated heterocycles. The van der Waals surface area contributed by atoms with Gasteiger partial charge in [0.2, 0.25) is 0 Å². The zero-order valence-electron chi connectivity index (χ0n) is 14.1. The molecule has 4 nitrogen and oxygen atoms in total. The van der Waals surface area contributed by atoms with Crippen molar-refractivity contribution in [3.05, 3.63) is 34.9 Å². The smallest absolute Gasteiger partial charge is 0.158 e. The first-order valence-corrected chi connectivity index (χ1v) is 8.40. The summed E-state index contributed by atoms with van der Waals surface area (Å²) < 4.78 is 21.8. The van der Waals surface area contributed by atoms with Gasteiger partial charge in [-0.3, -0.25) is 0 Å². The van der Waals surface area contributed by atoms with Crippen molar-refractivity contribution >= 4 is 11.6 Å². The van der Waals surface area contributed by atoms with Crippen LogP contribution < -0.4 is 9.47 Å². The summed E-state index contributed by atoms with van der Waals surface area (Å²) in [6.45, 7) is 3.53. The minimum atomic E-state index is -0.0527. The highest BCUT2D eigenvalue weighted by Crippen LogP contribution is 2.32. The Hall–Kier alpha value is -1.23. The lowest BCUT2D eigenvalue weighted by molar-refractivity contribution is -0.0461. The van der Waals surface area contributed by atoms with Crippen molar-refractivity contribution in [1.82, 2.24) is 0 Å². The standard InChI is InChI=1S/C18H25ClO4/c1-13(5-9-18-22-10-11-23-18)4-6-14-15(12-19)17(21-3)8-7-16(14)20-2/h4,7-8,18H,5-6,9-12H2,1-3H3/b13-4+. The number of rotatable bonds is 8. The highest BCUT2D eigenvalue weighted by atomic mass is 35.5. The Balaban J connectivity index is 2.06. The fourth-order valence-electron chi connectivity index (χ4n) is 2.70. The molecule has 2 rings (SSSR count). The molecule has 1 heterocycles. The van der Waals surface area contributed by atoms with E-state index in [2.05, 4.69) is 13.0 Å². The van der Waals surface area contributed by atoms with Gasteiger partial charge in [0, 0.05) is 17.5 Å². The fourth-order valence-corrected chi connectivity index (χ4v) is 2.99. The van der Waals surface area contributed by atoms with E-state index in [-0.39, 0.29) is 6.29 Å². The summed E-state index contributed by atoms with van der Waals surface area (Å²) in [5.41, 5.74) is 3.36. The average Bonchev–Trinajstić information content (AvgIpc) is 3.10. The molecule has 23 heavy (non-hydrogen) atoms. The summed E-state index contributed by atoms with van der Waals surface area (Å²) in [6.07, 6.45) is 4.76. The van der Waals surface area contributed by atoms with Crippen molar-refractivity contribution in [3.8, 4) is 11.5 Å². The van der Waals surface area contributed by atoms with Gasteiger partial charge in [-0.1, -0.05) is 11.6 Å². The number of hydrogen-bond donors (Lipinski definition) is 0. The molecule has 1 aliphatic rings. The van der Waals surface area contributed by atoms with Crippen LogP contribution in [0.1, 0.15) is 30.9 Å². The topological polar surface area (TPSA) is 36.9 Å². The summed E-state index contributed by atoms with van der Waals surface area (Å²) in [5.74, 6) is 2.04. The minimum absolute atomic E-state index is 0.0527. The van der Waals surface area contributed by atoms with Crippen molar-refractivity contribution in [1.29, 1.82) is 0 Å². The maximum absolute atomic E-state index is 6.12. The van der Waals surface area contributed by atoms with Crippen molar-refractivity contribution in [2.24, 2.45) is 0 Å². The molecule has 128 valence electrons. The van der Waals surface area contributed by atoms with Crippen LogP contribution in [0.15, 0.2) is 23.8 Å². The van der Waals surface area contributed by atoms with Gasteiger partial charge in [-0.05, 0) is 31.9 Å². The third-order valence-electron chi connectivity index (χ3n) is 4.04. The van der Waals surface area contributed by atoms with E-state index in [0.29, 0.717) is 19.1 Å². The van der Waals surface area contributed by atoms with E-state index in [0.717, 1.165) is 41.9 Å². The van der Waals surface area contributed by atoms with E-state index in [1.54, 1.807) is 14.2 Å². The first kappa shape index (κ1) is 18.1. The molecule has 0 saturated carbocycles. The van der Waals surface area contributed by atoms with Crippen LogP contribution in [0.2, 0.25) is 0 Å². The molecular weight excluding hydrogens is 316 g/mol. The lowest BCUT2D eigenvalue weighted by atomic mass is 10.0. The van der Waals surface area contributed by atoms with E-state index in [1.807, 2.05) is 12.1 Å². The summed E-state index contributed by atoms with van der Waals surface area (Å²) in [7, 11) is 3.33. The first-order chi connectivity index (χ1) is 11.2. The SMILES string of the molecule is COc1ccc(OC)c(C/C=C(\C)CCC2OCCO2)c1CCl. The third-order valence-corrected chi connectivity index (χ3v) is 4.31. The predicted octanol–water partition coefficient (Wildman–Crippen LogP) is 4.08. The van der Waals surface area contributed by atoms with Crippen LogP contribution in [0.3, 0.4) is 0 Å². The fraction of sp³-hybridized carbons (Fsp3) is 0.556. The molecule has 1 aliphatic heterocycles. The molecule has 0 amide bonds. The second-order valence-corrected chi connectivity index (χ2v) is 5.79. The minimum Gasteiger partial charge on any atom is -0.496 e. The van der Waals surface area contributed by atoms with Crippen LogP contribution in [0.4, 0.5) is 0 Å². The zero-order chi connectivity index (χ0) is 16.7. The predicted molar refractivity (Wildman–Crippen MR) is 91.5 cm³/mol. The maximum atomic E-state index is 6.12. The highest BCUT2D eigenvalue weighted by molar-refractivity contribution is 6.17. The van der Waals surface area contributed by atoms with Gasteiger partial charge in [0.05, 0.1) is 33.3 Å². The van der Waals surface area contributed by atoms with Gasteiger partial charge in [0.15, 0.2) is 6.29 Å². The Labute approximate surface area is 143 Å². The van der Waals surface area contributed by atoms with Gasteiger partial charge >= 0.3 is 0 Å². The molecule has 0 spiro atoms. The second-order valence-electron chi connectivity index (χ2n) is 5.53. The summed E-state index contributed by atoms with van der Waals surface area (Å²) >= 11 is 6.12. The molecule has 5 heteroatoms. The van der Waals surface area contributed by atoms with Gasteiger partial charge in [-0.25, -0.2) is 0 Å². The highest BCUT2D eigenvalue weighted by Gasteiger charge is 2.16. The summed E-state index contributed by atoms with van der Waals surface area (Å²) in [6, 6.07) is 3.82. The number of alkyl halides is 1. The lowest BCUT2D eigenvalue weighted by Crippen LogP contribution is -2.07. The van der Waals surface area contributed by atoms with Crippen molar-refractivity contribution in [2.75, 3.05) is 27.4 Å². The lowest BCUT2D eigenvalue weighted by Gasteiger charge is -2.15. The van der Waals surface area contributed by atoms with E-state index < -0.39 is 0 Å². The average molecular weight is 341 g/mol. The first-order valence-electron chi connectivity index (χ1n) is 7.87. The maximum Gasteiger partial charge on any atom is 0.158 e. The van der Waals surface area contributed by atoms with E-state index in [4.69, 9.17) is 30.5 Å². The molecule has 0 aromatic heterocycles.